The van der Waals surface area contributed by atoms with Crippen molar-refractivity contribution < 1.29 is 13.2 Å². The normalized spacial score (nSPS) is 15.2. The molecule has 0 aromatic heterocycles. The second-order valence-electron chi connectivity index (χ2n) is 7.90. The molecule has 1 aliphatic heterocycles. The van der Waals surface area contributed by atoms with Gasteiger partial charge in [0.2, 0.25) is 5.91 Å². The van der Waals surface area contributed by atoms with Gasteiger partial charge in [0.15, 0.2) is 0 Å². The highest BCUT2D eigenvalue weighted by Gasteiger charge is 2.27. The van der Waals surface area contributed by atoms with E-state index < -0.39 is 10.0 Å². The molecular formula is C23H29Cl2N3O3S. The van der Waals surface area contributed by atoms with E-state index in [2.05, 4.69) is 10.2 Å². The average Bonchev–Trinajstić information content (AvgIpc) is 3.04. The van der Waals surface area contributed by atoms with Crippen molar-refractivity contribution in [1.29, 1.82) is 0 Å². The number of nitrogens with zero attached hydrogens (tertiary/aromatic N) is 2. The van der Waals surface area contributed by atoms with Crippen LogP contribution in [-0.2, 0) is 14.8 Å². The maximum atomic E-state index is 13.3. The number of hydrogen-bond acceptors (Lipinski definition) is 4. The number of carbonyl (C=O) groups excluding carboxylic acids is 1. The van der Waals surface area contributed by atoms with Crippen LogP contribution in [0.1, 0.15) is 32.1 Å². The summed E-state index contributed by atoms with van der Waals surface area (Å²) < 4.78 is 27.7. The molecule has 174 valence electrons. The number of amides is 1. The van der Waals surface area contributed by atoms with Gasteiger partial charge in [-0.25, -0.2) is 8.42 Å². The molecule has 9 heteroatoms. The Labute approximate surface area is 200 Å². The highest BCUT2D eigenvalue weighted by atomic mass is 35.5. The Morgan fingerprint density at radius 2 is 1.66 bits per heavy atom. The fraction of sp³-hybridized carbons (Fsp3) is 0.435. The Hall–Kier alpha value is -1.80. The molecule has 2 aromatic rings. The Morgan fingerprint density at radius 3 is 2.31 bits per heavy atom. The van der Waals surface area contributed by atoms with Crippen LogP contribution in [0.25, 0.3) is 0 Å². The van der Waals surface area contributed by atoms with Gasteiger partial charge < -0.3 is 10.2 Å². The van der Waals surface area contributed by atoms with Crippen LogP contribution in [0, 0.1) is 0 Å². The molecule has 1 amide bonds. The average molecular weight is 498 g/mol. The number of anilines is 1. The van der Waals surface area contributed by atoms with Gasteiger partial charge in [0, 0.05) is 16.6 Å². The number of nitrogens with one attached hydrogen (secondary N) is 1. The van der Waals surface area contributed by atoms with Crippen molar-refractivity contribution in [2.75, 3.05) is 37.0 Å². The third-order valence-corrected chi connectivity index (χ3v) is 7.73. The van der Waals surface area contributed by atoms with Crippen molar-refractivity contribution >= 4 is 44.8 Å². The molecule has 2 aromatic carbocycles. The van der Waals surface area contributed by atoms with E-state index in [0.717, 1.165) is 30.4 Å². The standard InChI is InChI=1S/C23H29Cl2N3O3S/c24-19-9-11-22(12-10-19)32(30,31)28(21-8-5-7-20(25)17-21)18-23(29)26-13-6-16-27-14-3-1-2-4-15-27/h5,7-12,17H,1-4,6,13-16,18H2,(H,26,29). The third-order valence-electron chi connectivity index (χ3n) is 5.46. The first-order valence-corrected chi connectivity index (χ1v) is 13.1. The second kappa shape index (κ2) is 11.9. The van der Waals surface area contributed by atoms with Crippen LogP contribution in [0.5, 0.6) is 0 Å². The summed E-state index contributed by atoms with van der Waals surface area (Å²) >= 11 is 12.0. The van der Waals surface area contributed by atoms with Gasteiger partial charge in [-0.05, 0) is 81.4 Å². The van der Waals surface area contributed by atoms with Crippen molar-refractivity contribution in [3.05, 3.63) is 58.6 Å². The van der Waals surface area contributed by atoms with Gasteiger partial charge in [0.1, 0.15) is 6.54 Å². The molecule has 1 aliphatic rings. The number of benzene rings is 2. The Kier molecular flexibility index (Phi) is 9.22. The predicted molar refractivity (Wildman–Crippen MR) is 130 cm³/mol. The van der Waals surface area contributed by atoms with E-state index in [0.29, 0.717) is 22.3 Å². The first kappa shape index (κ1) is 24.8. The van der Waals surface area contributed by atoms with E-state index in [9.17, 15) is 13.2 Å². The molecule has 0 bridgehead atoms. The van der Waals surface area contributed by atoms with Crippen LogP contribution in [0.4, 0.5) is 5.69 Å². The van der Waals surface area contributed by atoms with Crippen LogP contribution >= 0.6 is 23.2 Å². The van der Waals surface area contributed by atoms with E-state index in [1.165, 1.54) is 56.0 Å². The van der Waals surface area contributed by atoms with Crippen LogP contribution in [0.3, 0.4) is 0 Å². The summed E-state index contributed by atoms with van der Waals surface area (Å²) in [5.74, 6) is -0.363. The minimum absolute atomic E-state index is 0.0517. The Bertz CT molecular complexity index is 992. The topological polar surface area (TPSA) is 69.7 Å². The molecule has 1 heterocycles. The molecule has 6 nitrogen and oxygen atoms in total. The van der Waals surface area contributed by atoms with Crippen molar-refractivity contribution in [2.45, 2.75) is 37.0 Å². The summed E-state index contributed by atoms with van der Waals surface area (Å²) in [5.41, 5.74) is 0.326. The summed E-state index contributed by atoms with van der Waals surface area (Å²) in [6.07, 6.45) is 5.85. The summed E-state index contributed by atoms with van der Waals surface area (Å²) in [6.45, 7) is 3.31. The molecule has 0 aliphatic carbocycles. The maximum absolute atomic E-state index is 13.3. The Morgan fingerprint density at radius 1 is 0.969 bits per heavy atom. The van der Waals surface area contributed by atoms with Crippen LogP contribution in [0.15, 0.2) is 53.4 Å². The van der Waals surface area contributed by atoms with Gasteiger partial charge in [-0.3, -0.25) is 9.10 Å². The highest BCUT2D eigenvalue weighted by molar-refractivity contribution is 7.92. The van der Waals surface area contributed by atoms with Crippen molar-refractivity contribution in [3.8, 4) is 0 Å². The second-order valence-corrected chi connectivity index (χ2v) is 10.6. The molecule has 32 heavy (non-hydrogen) atoms. The SMILES string of the molecule is O=C(CN(c1cccc(Cl)c1)S(=O)(=O)c1ccc(Cl)cc1)NCCCN1CCCCCC1. The monoisotopic (exact) mass is 497 g/mol. The fourth-order valence-electron chi connectivity index (χ4n) is 3.76. The van der Waals surface area contributed by atoms with E-state index >= 15 is 0 Å². The van der Waals surface area contributed by atoms with Crippen molar-refractivity contribution in [2.24, 2.45) is 0 Å². The lowest BCUT2D eigenvalue weighted by atomic mass is 10.2. The van der Waals surface area contributed by atoms with Crippen molar-refractivity contribution in [1.82, 2.24) is 10.2 Å². The zero-order chi connectivity index (χ0) is 23.0. The minimum atomic E-state index is -3.99. The zero-order valence-corrected chi connectivity index (χ0v) is 20.3. The lowest BCUT2D eigenvalue weighted by Gasteiger charge is -2.24. The minimum Gasteiger partial charge on any atom is -0.354 e. The van der Waals surface area contributed by atoms with Crippen LogP contribution in [0.2, 0.25) is 10.0 Å². The molecule has 0 atom stereocenters. The van der Waals surface area contributed by atoms with Crippen molar-refractivity contribution in [3.63, 3.8) is 0 Å². The van der Waals surface area contributed by atoms with E-state index in [4.69, 9.17) is 23.2 Å². The number of halogens is 2. The summed E-state index contributed by atoms with van der Waals surface area (Å²) in [7, 11) is -3.99. The number of carbonyl (C=O) groups is 1. The van der Waals surface area contributed by atoms with E-state index in [-0.39, 0.29) is 17.3 Å². The first-order valence-electron chi connectivity index (χ1n) is 10.9. The number of likely N-dealkylation sites (tertiary alicyclic amines) is 1. The molecule has 1 saturated heterocycles. The fourth-order valence-corrected chi connectivity index (χ4v) is 5.48. The molecule has 1 fully saturated rings. The van der Waals surface area contributed by atoms with Gasteiger partial charge >= 0.3 is 0 Å². The van der Waals surface area contributed by atoms with E-state index in [1.54, 1.807) is 18.2 Å². The lowest BCUT2D eigenvalue weighted by molar-refractivity contribution is -0.119. The van der Waals surface area contributed by atoms with Gasteiger partial charge in [0.05, 0.1) is 10.6 Å². The summed E-state index contributed by atoms with van der Waals surface area (Å²) in [6, 6.07) is 12.3. The zero-order valence-electron chi connectivity index (χ0n) is 18.0. The van der Waals surface area contributed by atoms with Gasteiger partial charge in [-0.1, -0.05) is 42.1 Å². The molecule has 1 N–H and O–H groups in total. The number of rotatable bonds is 9. The van der Waals surface area contributed by atoms with Crippen LogP contribution in [-0.4, -0.2) is 51.9 Å². The molecule has 0 spiro atoms. The van der Waals surface area contributed by atoms with Gasteiger partial charge in [0.25, 0.3) is 10.0 Å². The quantitative estimate of drug-likeness (QED) is 0.515. The summed E-state index contributed by atoms with van der Waals surface area (Å²) in [5, 5.41) is 3.68. The smallest absolute Gasteiger partial charge is 0.264 e. The lowest BCUT2D eigenvalue weighted by Crippen LogP contribution is -2.41. The molecular weight excluding hydrogens is 469 g/mol. The third kappa shape index (κ3) is 7.10. The highest BCUT2D eigenvalue weighted by Crippen LogP contribution is 2.26. The maximum Gasteiger partial charge on any atom is 0.264 e. The molecule has 0 saturated carbocycles. The van der Waals surface area contributed by atoms with Crippen LogP contribution < -0.4 is 9.62 Å². The number of hydrogen-bond donors (Lipinski definition) is 1. The molecule has 3 rings (SSSR count). The van der Waals surface area contributed by atoms with E-state index in [1.807, 2.05) is 0 Å². The van der Waals surface area contributed by atoms with Gasteiger partial charge in [-0.15, -0.1) is 0 Å². The number of sulfonamides is 1. The molecule has 0 unspecified atom stereocenters. The molecule has 0 radical (unpaired) electrons. The predicted octanol–water partition coefficient (Wildman–Crippen LogP) is 4.57. The Balaban J connectivity index is 1.66. The largest absolute Gasteiger partial charge is 0.354 e. The van der Waals surface area contributed by atoms with Gasteiger partial charge in [-0.2, -0.15) is 0 Å². The first-order chi connectivity index (χ1) is 15.4. The summed E-state index contributed by atoms with van der Waals surface area (Å²) in [4.78, 5) is 15.1.